The number of unbranched alkanes of at least 4 members (excludes halogenated alkanes) is 1. The number of aryl methyl sites for hydroxylation is 1. The molecule has 6 nitrogen and oxygen atoms in total. The van der Waals surface area contributed by atoms with Crippen molar-refractivity contribution in [2.45, 2.75) is 50.5 Å². The lowest BCUT2D eigenvalue weighted by atomic mass is 10.0. The van der Waals surface area contributed by atoms with Crippen LogP contribution >= 0.6 is 0 Å². The average Bonchev–Trinajstić information content (AvgIpc) is 2.49. The minimum atomic E-state index is -3.44. The molecule has 0 aliphatic heterocycles. The summed E-state index contributed by atoms with van der Waals surface area (Å²) in [6, 6.07) is 3.38. The van der Waals surface area contributed by atoms with Gasteiger partial charge in [-0.3, -0.25) is 4.79 Å². The van der Waals surface area contributed by atoms with Crippen molar-refractivity contribution in [2.24, 2.45) is 0 Å². The van der Waals surface area contributed by atoms with Crippen molar-refractivity contribution < 1.29 is 23.1 Å². The summed E-state index contributed by atoms with van der Waals surface area (Å²) in [5.41, 5.74) is 0.882. The van der Waals surface area contributed by atoms with Gasteiger partial charge in [-0.05, 0) is 30.5 Å². The molecule has 0 unspecified atom stereocenters. The zero-order valence-corrected chi connectivity index (χ0v) is 14.4. The largest absolute Gasteiger partial charge is 0.480 e. The van der Waals surface area contributed by atoms with Crippen LogP contribution in [0.15, 0.2) is 23.1 Å². The molecule has 0 spiro atoms. The Hall–Kier alpha value is -1.89. The van der Waals surface area contributed by atoms with Crippen molar-refractivity contribution in [1.82, 2.24) is 5.32 Å². The maximum absolute atomic E-state index is 12.4. The third-order valence-electron chi connectivity index (χ3n) is 3.58. The molecule has 1 amide bonds. The number of carbonyl (C=O) groups excluding carboxylic acids is 1. The molecule has 2 N–H and O–H groups in total. The fourth-order valence-corrected chi connectivity index (χ4v) is 2.85. The van der Waals surface area contributed by atoms with Crippen LogP contribution in [0.5, 0.6) is 0 Å². The number of aliphatic carboxylic acids is 1. The SMILES string of the molecule is CCCC[C@H](NC(=O)c1cc(S(C)(=O)=O)ccc1CC)C(=O)O. The van der Waals surface area contributed by atoms with Crippen LogP contribution in [-0.2, 0) is 21.1 Å². The van der Waals surface area contributed by atoms with Crippen molar-refractivity contribution >= 4 is 21.7 Å². The summed E-state index contributed by atoms with van der Waals surface area (Å²) in [6.45, 7) is 3.78. The Morgan fingerprint density at radius 1 is 1.26 bits per heavy atom. The maximum Gasteiger partial charge on any atom is 0.326 e. The van der Waals surface area contributed by atoms with E-state index in [2.05, 4.69) is 5.32 Å². The van der Waals surface area contributed by atoms with Gasteiger partial charge in [0.2, 0.25) is 0 Å². The van der Waals surface area contributed by atoms with Gasteiger partial charge in [-0.15, -0.1) is 0 Å². The van der Waals surface area contributed by atoms with E-state index in [4.69, 9.17) is 0 Å². The zero-order valence-electron chi connectivity index (χ0n) is 13.6. The van der Waals surface area contributed by atoms with Crippen LogP contribution < -0.4 is 5.32 Å². The van der Waals surface area contributed by atoms with E-state index in [9.17, 15) is 23.1 Å². The molecule has 0 saturated heterocycles. The van der Waals surface area contributed by atoms with Gasteiger partial charge in [0.25, 0.3) is 5.91 Å². The van der Waals surface area contributed by atoms with Crippen LogP contribution in [0, 0.1) is 0 Å². The summed E-state index contributed by atoms with van der Waals surface area (Å²) in [6.07, 6.45) is 3.45. The molecular formula is C16H23NO5S. The molecule has 128 valence electrons. The Labute approximate surface area is 136 Å². The Morgan fingerprint density at radius 2 is 1.91 bits per heavy atom. The quantitative estimate of drug-likeness (QED) is 0.753. The van der Waals surface area contributed by atoms with Gasteiger partial charge >= 0.3 is 5.97 Å². The van der Waals surface area contributed by atoms with E-state index in [0.29, 0.717) is 24.8 Å². The fourth-order valence-electron chi connectivity index (χ4n) is 2.21. The van der Waals surface area contributed by atoms with Crippen LogP contribution in [0.4, 0.5) is 0 Å². The summed E-state index contributed by atoms with van der Waals surface area (Å²) < 4.78 is 23.3. The van der Waals surface area contributed by atoms with Gasteiger partial charge in [0.05, 0.1) is 4.90 Å². The smallest absolute Gasteiger partial charge is 0.326 e. The Balaban J connectivity index is 3.12. The summed E-state index contributed by atoms with van der Waals surface area (Å²) >= 11 is 0. The number of hydrogen-bond donors (Lipinski definition) is 2. The predicted molar refractivity (Wildman–Crippen MR) is 87.3 cm³/mol. The molecule has 0 aliphatic carbocycles. The van der Waals surface area contributed by atoms with Crippen molar-refractivity contribution in [3.8, 4) is 0 Å². The van der Waals surface area contributed by atoms with E-state index in [1.807, 2.05) is 13.8 Å². The first-order valence-corrected chi connectivity index (χ1v) is 9.46. The highest BCUT2D eigenvalue weighted by Crippen LogP contribution is 2.17. The summed E-state index contributed by atoms with van der Waals surface area (Å²) in [7, 11) is -3.44. The highest BCUT2D eigenvalue weighted by atomic mass is 32.2. The number of nitrogens with one attached hydrogen (secondary N) is 1. The lowest BCUT2D eigenvalue weighted by Gasteiger charge is -2.16. The number of hydrogen-bond acceptors (Lipinski definition) is 4. The molecule has 7 heteroatoms. The van der Waals surface area contributed by atoms with Gasteiger partial charge in [0.1, 0.15) is 6.04 Å². The van der Waals surface area contributed by atoms with Gasteiger partial charge in [-0.1, -0.05) is 32.8 Å². The second-order valence-electron chi connectivity index (χ2n) is 5.45. The molecule has 0 aromatic heterocycles. The van der Waals surface area contributed by atoms with Gasteiger partial charge in [-0.2, -0.15) is 0 Å². The number of carboxylic acids is 1. The number of sulfone groups is 1. The molecule has 23 heavy (non-hydrogen) atoms. The number of carbonyl (C=O) groups is 2. The standard InChI is InChI=1S/C16H23NO5S/c1-4-6-7-14(16(19)20)17-15(18)13-10-12(23(3,21)22)9-8-11(13)5-2/h8-10,14H,4-7H2,1-3H3,(H,17,18)(H,19,20)/t14-/m0/s1. The predicted octanol–water partition coefficient (Wildman–Crippen LogP) is 2.03. The molecule has 0 saturated carbocycles. The molecule has 1 atom stereocenters. The molecule has 0 fully saturated rings. The lowest BCUT2D eigenvalue weighted by molar-refractivity contribution is -0.139. The first kappa shape index (κ1) is 19.2. The molecular weight excluding hydrogens is 318 g/mol. The van der Waals surface area contributed by atoms with Crippen LogP contribution in [-0.4, -0.2) is 37.7 Å². The fraction of sp³-hybridized carbons (Fsp3) is 0.500. The maximum atomic E-state index is 12.4. The minimum Gasteiger partial charge on any atom is -0.480 e. The van der Waals surface area contributed by atoms with E-state index in [1.54, 1.807) is 6.07 Å². The van der Waals surface area contributed by atoms with Crippen molar-refractivity contribution in [3.05, 3.63) is 29.3 Å². The molecule has 0 aliphatic rings. The van der Waals surface area contributed by atoms with Crippen molar-refractivity contribution in [3.63, 3.8) is 0 Å². The topological polar surface area (TPSA) is 101 Å². The zero-order chi connectivity index (χ0) is 17.6. The van der Waals surface area contributed by atoms with Crippen LogP contribution in [0.1, 0.15) is 49.0 Å². The summed E-state index contributed by atoms with van der Waals surface area (Å²) in [5, 5.41) is 11.7. The van der Waals surface area contributed by atoms with E-state index < -0.39 is 27.8 Å². The Bertz CT molecular complexity index is 682. The second-order valence-corrected chi connectivity index (χ2v) is 7.47. The Kier molecular flexibility index (Phi) is 6.75. The van der Waals surface area contributed by atoms with Gasteiger partial charge < -0.3 is 10.4 Å². The van der Waals surface area contributed by atoms with Crippen molar-refractivity contribution in [1.29, 1.82) is 0 Å². The molecule has 1 aromatic rings. The minimum absolute atomic E-state index is 0.0419. The van der Waals surface area contributed by atoms with Crippen molar-refractivity contribution in [2.75, 3.05) is 6.26 Å². The number of rotatable bonds is 8. The van der Waals surface area contributed by atoms with Crippen LogP contribution in [0.3, 0.4) is 0 Å². The van der Waals surface area contributed by atoms with E-state index in [1.165, 1.54) is 12.1 Å². The normalized spacial score (nSPS) is 12.7. The number of benzene rings is 1. The molecule has 0 radical (unpaired) electrons. The molecule has 0 heterocycles. The molecule has 1 rings (SSSR count). The third kappa shape index (κ3) is 5.35. The Morgan fingerprint density at radius 3 is 2.39 bits per heavy atom. The first-order valence-electron chi connectivity index (χ1n) is 7.57. The highest BCUT2D eigenvalue weighted by molar-refractivity contribution is 7.90. The van der Waals surface area contributed by atoms with E-state index in [-0.39, 0.29) is 10.5 Å². The number of carboxylic acid groups (broad SMARTS) is 1. The van der Waals surface area contributed by atoms with Gasteiger partial charge in [0, 0.05) is 11.8 Å². The second kappa shape index (κ2) is 8.10. The van der Waals surface area contributed by atoms with Gasteiger partial charge in [-0.25, -0.2) is 13.2 Å². The average molecular weight is 341 g/mol. The lowest BCUT2D eigenvalue weighted by Crippen LogP contribution is -2.41. The van der Waals surface area contributed by atoms with E-state index >= 15 is 0 Å². The monoisotopic (exact) mass is 341 g/mol. The first-order chi connectivity index (χ1) is 10.7. The van der Waals surface area contributed by atoms with E-state index in [0.717, 1.165) is 12.7 Å². The molecule has 1 aromatic carbocycles. The summed E-state index contributed by atoms with van der Waals surface area (Å²) in [4.78, 5) is 23.7. The third-order valence-corrected chi connectivity index (χ3v) is 4.70. The highest BCUT2D eigenvalue weighted by Gasteiger charge is 2.22. The number of amides is 1. The van der Waals surface area contributed by atoms with Crippen LogP contribution in [0.2, 0.25) is 0 Å². The van der Waals surface area contributed by atoms with Gasteiger partial charge in [0.15, 0.2) is 9.84 Å². The summed E-state index contributed by atoms with van der Waals surface area (Å²) in [5.74, 6) is -1.65. The van der Waals surface area contributed by atoms with Crippen LogP contribution in [0.25, 0.3) is 0 Å². The molecule has 0 bridgehead atoms.